The minimum Gasteiger partial charge on any atom is -0.338 e. The number of benzene rings is 3. The monoisotopic (exact) mass is 451 g/mol. The van der Waals surface area contributed by atoms with E-state index in [4.69, 9.17) is 11.6 Å². The van der Waals surface area contributed by atoms with Crippen molar-refractivity contribution in [3.05, 3.63) is 100 Å². The van der Waals surface area contributed by atoms with Gasteiger partial charge in [-0.3, -0.25) is 4.90 Å². The lowest BCUT2D eigenvalue weighted by Gasteiger charge is -2.37. The number of hydrogen-bond acceptors (Lipinski definition) is 2. The highest BCUT2D eigenvalue weighted by molar-refractivity contribution is 6.30. The molecule has 0 aliphatic carbocycles. The molecule has 0 saturated heterocycles. The maximum atomic E-state index is 13.3. The van der Waals surface area contributed by atoms with Crippen LogP contribution in [0, 0.1) is 5.82 Å². The predicted molar refractivity (Wildman–Crippen MR) is 128 cm³/mol. The summed E-state index contributed by atoms with van der Waals surface area (Å²) in [4.78, 5) is 14.6. The summed E-state index contributed by atoms with van der Waals surface area (Å²) in [5.74, 6) is -0.207. The summed E-state index contributed by atoms with van der Waals surface area (Å²) >= 11 is 5.96. The number of amides is 2. The van der Waals surface area contributed by atoms with Crippen LogP contribution in [0.1, 0.15) is 23.1 Å². The zero-order valence-corrected chi connectivity index (χ0v) is 18.6. The zero-order valence-electron chi connectivity index (χ0n) is 17.9. The van der Waals surface area contributed by atoms with Crippen LogP contribution in [-0.2, 0) is 19.4 Å². The van der Waals surface area contributed by atoms with Crippen LogP contribution in [0.25, 0.3) is 0 Å². The molecular formula is C26H27ClFN3O. The second-order valence-electron chi connectivity index (χ2n) is 8.17. The van der Waals surface area contributed by atoms with Crippen LogP contribution in [0.3, 0.4) is 0 Å². The fourth-order valence-electron chi connectivity index (χ4n) is 4.22. The van der Waals surface area contributed by atoms with Crippen molar-refractivity contribution in [1.29, 1.82) is 0 Å². The Morgan fingerprint density at radius 1 is 1.03 bits per heavy atom. The van der Waals surface area contributed by atoms with Crippen molar-refractivity contribution in [1.82, 2.24) is 10.2 Å². The normalized spacial score (nSPS) is 15.8. The maximum Gasteiger partial charge on any atom is 0.319 e. The molecule has 3 aromatic carbocycles. The summed E-state index contributed by atoms with van der Waals surface area (Å²) in [6.07, 6.45) is 2.68. The van der Waals surface area contributed by atoms with Crippen LogP contribution in [0.15, 0.2) is 72.8 Å². The number of fused-ring (bicyclic) bond motifs is 1. The van der Waals surface area contributed by atoms with Gasteiger partial charge in [0.1, 0.15) is 5.82 Å². The molecule has 0 aromatic heterocycles. The smallest absolute Gasteiger partial charge is 0.319 e. The lowest BCUT2D eigenvalue weighted by molar-refractivity contribution is 0.168. The van der Waals surface area contributed by atoms with Crippen molar-refractivity contribution in [3.8, 4) is 0 Å². The molecule has 0 spiro atoms. The first-order valence-corrected chi connectivity index (χ1v) is 11.3. The lowest BCUT2D eigenvalue weighted by atomic mass is 9.90. The molecule has 4 nitrogen and oxygen atoms in total. The van der Waals surface area contributed by atoms with Crippen LogP contribution in [0.4, 0.5) is 14.9 Å². The highest BCUT2D eigenvalue weighted by Gasteiger charge is 2.25. The Kier molecular flexibility index (Phi) is 7.40. The SMILES string of the molecule is O=C(NCCCN1Cc2ccccc2CC1Cc1ccc(F)cc1)Nc1cccc(Cl)c1. The third kappa shape index (κ3) is 6.09. The standard InChI is InChI=1S/C26H27ClFN3O/c27-22-7-3-8-24(17-22)30-26(32)29-13-4-14-31-18-21-6-2-1-5-20(21)16-25(31)15-19-9-11-23(28)12-10-19/h1-3,5-12,17,25H,4,13-16,18H2,(H2,29,30,32). The number of halogens is 2. The van der Waals surface area contributed by atoms with Gasteiger partial charge < -0.3 is 10.6 Å². The minimum absolute atomic E-state index is 0.207. The predicted octanol–water partition coefficient (Wildman–Crippen LogP) is 5.66. The number of urea groups is 1. The molecule has 0 fully saturated rings. The molecule has 1 heterocycles. The van der Waals surface area contributed by atoms with E-state index >= 15 is 0 Å². The Bertz CT molecular complexity index is 1060. The number of anilines is 1. The number of nitrogens with zero attached hydrogens (tertiary/aromatic N) is 1. The van der Waals surface area contributed by atoms with Crippen LogP contribution in [0.2, 0.25) is 5.02 Å². The van der Waals surface area contributed by atoms with E-state index in [-0.39, 0.29) is 11.8 Å². The molecule has 0 saturated carbocycles. The average Bonchev–Trinajstić information content (AvgIpc) is 2.78. The molecule has 166 valence electrons. The third-order valence-electron chi connectivity index (χ3n) is 5.84. The van der Waals surface area contributed by atoms with Crippen molar-refractivity contribution in [3.63, 3.8) is 0 Å². The van der Waals surface area contributed by atoms with Gasteiger partial charge in [0, 0.05) is 36.4 Å². The number of carbonyl (C=O) groups is 1. The number of rotatable bonds is 7. The van der Waals surface area contributed by atoms with E-state index in [9.17, 15) is 9.18 Å². The first-order valence-electron chi connectivity index (χ1n) is 10.9. The van der Waals surface area contributed by atoms with Gasteiger partial charge in [0.25, 0.3) is 0 Å². The second kappa shape index (κ2) is 10.6. The summed E-state index contributed by atoms with van der Waals surface area (Å²) in [5, 5.41) is 6.30. The minimum atomic E-state index is -0.237. The van der Waals surface area contributed by atoms with Crippen molar-refractivity contribution in [2.75, 3.05) is 18.4 Å². The molecule has 1 aliphatic rings. The van der Waals surface area contributed by atoms with Gasteiger partial charge in [-0.05, 0) is 66.3 Å². The highest BCUT2D eigenvalue weighted by atomic mass is 35.5. The number of nitrogens with one attached hydrogen (secondary N) is 2. The van der Waals surface area contributed by atoms with Gasteiger partial charge in [-0.2, -0.15) is 0 Å². The fraction of sp³-hybridized carbons (Fsp3) is 0.269. The first kappa shape index (κ1) is 22.3. The highest BCUT2D eigenvalue weighted by Crippen LogP contribution is 2.25. The number of carbonyl (C=O) groups excluding carboxylic acids is 1. The van der Waals surface area contributed by atoms with Crippen LogP contribution in [-0.4, -0.2) is 30.1 Å². The molecule has 0 bridgehead atoms. The van der Waals surface area contributed by atoms with Crippen molar-refractivity contribution in [2.24, 2.45) is 0 Å². The van der Waals surface area contributed by atoms with E-state index in [0.717, 1.165) is 37.9 Å². The second-order valence-corrected chi connectivity index (χ2v) is 8.61. The molecule has 1 unspecified atom stereocenters. The first-order chi connectivity index (χ1) is 15.6. The third-order valence-corrected chi connectivity index (χ3v) is 6.07. The molecule has 1 aliphatic heterocycles. The van der Waals surface area contributed by atoms with Crippen LogP contribution < -0.4 is 10.6 Å². The lowest BCUT2D eigenvalue weighted by Crippen LogP contribution is -2.43. The molecule has 3 aromatic rings. The quantitative estimate of drug-likeness (QED) is 0.455. The molecule has 1 atom stereocenters. The molecule has 4 rings (SSSR count). The van der Waals surface area contributed by atoms with E-state index < -0.39 is 0 Å². The summed E-state index contributed by atoms with van der Waals surface area (Å²) in [6, 6.07) is 22.5. The van der Waals surface area contributed by atoms with E-state index in [2.05, 4.69) is 39.8 Å². The van der Waals surface area contributed by atoms with E-state index in [1.165, 1.54) is 23.3 Å². The Hall–Kier alpha value is -2.89. The molecular weight excluding hydrogens is 425 g/mol. The summed E-state index contributed by atoms with van der Waals surface area (Å²) in [6.45, 7) is 2.34. The topological polar surface area (TPSA) is 44.4 Å². The molecule has 2 amide bonds. The summed E-state index contributed by atoms with van der Waals surface area (Å²) < 4.78 is 13.3. The van der Waals surface area contributed by atoms with Crippen molar-refractivity contribution >= 4 is 23.3 Å². The van der Waals surface area contributed by atoms with Gasteiger partial charge >= 0.3 is 6.03 Å². The van der Waals surface area contributed by atoms with Crippen LogP contribution in [0.5, 0.6) is 0 Å². The Balaban J connectivity index is 1.32. The van der Waals surface area contributed by atoms with Gasteiger partial charge in [0.2, 0.25) is 0 Å². The van der Waals surface area contributed by atoms with Gasteiger partial charge in [-0.1, -0.05) is 54.1 Å². The summed E-state index contributed by atoms with van der Waals surface area (Å²) in [7, 11) is 0. The molecule has 32 heavy (non-hydrogen) atoms. The zero-order chi connectivity index (χ0) is 22.3. The summed E-state index contributed by atoms with van der Waals surface area (Å²) in [5.41, 5.74) is 4.55. The van der Waals surface area contributed by atoms with Gasteiger partial charge in [-0.25, -0.2) is 9.18 Å². The van der Waals surface area contributed by atoms with Gasteiger partial charge in [0.15, 0.2) is 0 Å². The molecule has 2 N–H and O–H groups in total. The van der Waals surface area contributed by atoms with Gasteiger partial charge in [-0.15, -0.1) is 0 Å². The Labute approximate surface area is 193 Å². The Morgan fingerprint density at radius 2 is 1.81 bits per heavy atom. The Morgan fingerprint density at radius 3 is 2.59 bits per heavy atom. The maximum absolute atomic E-state index is 13.3. The van der Waals surface area contributed by atoms with E-state index in [1.54, 1.807) is 24.3 Å². The van der Waals surface area contributed by atoms with Gasteiger partial charge in [0.05, 0.1) is 0 Å². The van der Waals surface area contributed by atoms with Crippen molar-refractivity contribution < 1.29 is 9.18 Å². The largest absolute Gasteiger partial charge is 0.338 e. The molecule has 6 heteroatoms. The van der Waals surface area contributed by atoms with Crippen LogP contribution >= 0.6 is 11.6 Å². The van der Waals surface area contributed by atoms with E-state index in [0.29, 0.717) is 23.3 Å². The fourth-order valence-corrected chi connectivity index (χ4v) is 4.41. The molecule has 0 radical (unpaired) electrons. The van der Waals surface area contributed by atoms with Crippen molar-refractivity contribution in [2.45, 2.75) is 31.8 Å². The average molecular weight is 452 g/mol. The van der Waals surface area contributed by atoms with E-state index in [1.807, 2.05) is 12.1 Å². The number of hydrogen-bond donors (Lipinski definition) is 2.